The van der Waals surface area contributed by atoms with Crippen LogP contribution in [0.3, 0.4) is 0 Å². The van der Waals surface area contributed by atoms with Gasteiger partial charge in [0.15, 0.2) is 9.84 Å². The fraction of sp³-hybridized carbons (Fsp3) is 0.417. The molecule has 0 aliphatic carbocycles. The summed E-state index contributed by atoms with van der Waals surface area (Å²) in [7, 11) is -7.34. The van der Waals surface area contributed by atoms with E-state index in [4.69, 9.17) is 5.26 Å². The van der Waals surface area contributed by atoms with E-state index in [1.54, 1.807) is 17.0 Å². The fourth-order valence-corrected chi connectivity index (χ4v) is 6.99. The number of hydrogen-bond donors (Lipinski definition) is 1. The van der Waals surface area contributed by atoms with Crippen LogP contribution in [0.4, 0.5) is 4.79 Å². The van der Waals surface area contributed by atoms with E-state index in [0.29, 0.717) is 31.6 Å². The summed E-state index contributed by atoms with van der Waals surface area (Å²) in [6.45, 7) is 4.93. The molecule has 0 radical (unpaired) electrons. The lowest BCUT2D eigenvalue weighted by Crippen LogP contribution is -2.43. The number of nitrogens with one attached hydrogen (secondary N) is 1. The molecule has 2 amide bonds. The summed E-state index contributed by atoms with van der Waals surface area (Å²) in [6, 6.07) is 13.6. The second-order valence-corrected chi connectivity index (χ2v) is 13.0. The van der Waals surface area contributed by atoms with Gasteiger partial charge in [-0.05, 0) is 68.1 Å². The van der Waals surface area contributed by atoms with E-state index < -0.39 is 25.9 Å². The second-order valence-electron chi connectivity index (χ2n) is 9.22. The van der Waals surface area contributed by atoms with Gasteiger partial charge in [-0.3, -0.25) is 0 Å². The smallest absolute Gasteiger partial charge is 0.323 e. The van der Waals surface area contributed by atoms with E-state index in [2.05, 4.69) is 9.62 Å². The van der Waals surface area contributed by atoms with Crippen LogP contribution in [0.25, 0.3) is 0 Å². The van der Waals surface area contributed by atoms with Crippen molar-refractivity contribution in [2.45, 2.75) is 23.1 Å². The normalized spacial score (nSPS) is 20.4. The van der Waals surface area contributed by atoms with E-state index >= 15 is 0 Å². The number of rotatable bonds is 7. The van der Waals surface area contributed by atoms with E-state index in [-0.39, 0.29) is 27.4 Å². The van der Waals surface area contributed by atoms with Crippen molar-refractivity contribution in [3.63, 3.8) is 0 Å². The molecule has 11 heteroatoms. The van der Waals surface area contributed by atoms with Gasteiger partial charge in [-0.1, -0.05) is 17.7 Å². The van der Waals surface area contributed by atoms with Crippen LogP contribution >= 0.6 is 0 Å². The molecular formula is C24H28N4O5S2. The molecule has 0 bridgehead atoms. The van der Waals surface area contributed by atoms with Crippen molar-refractivity contribution in [2.75, 3.05) is 38.5 Å². The Kier molecular flexibility index (Phi) is 7.17. The Balaban J connectivity index is 1.24. The Labute approximate surface area is 206 Å². The average molecular weight is 517 g/mol. The van der Waals surface area contributed by atoms with E-state index in [9.17, 15) is 21.6 Å². The van der Waals surface area contributed by atoms with Crippen molar-refractivity contribution in [3.05, 3.63) is 59.7 Å². The molecule has 0 aromatic heterocycles. The van der Waals surface area contributed by atoms with Crippen molar-refractivity contribution >= 4 is 25.9 Å². The third-order valence-electron chi connectivity index (χ3n) is 6.63. The van der Waals surface area contributed by atoms with Crippen molar-refractivity contribution in [3.8, 4) is 6.07 Å². The Morgan fingerprint density at radius 3 is 2.09 bits per heavy atom. The number of urea groups is 1. The summed E-state index contributed by atoms with van der Waals surface area (Å²) in [5.41, 5.74) is 1.35. The molecule has 2 aromatic rings. The van der Waals surface area contributed by atoms with Crippen LogP contribution < -0.4 is 4.72 Å². The molecule has 2 aliphatic heterocycles. The van der Waals surface area contributed by atoms with Gasteiger partial charge < -0.3 is 9.80 Å². The monoisotopic (exact) mass is 516 g/mol. The molecule has 0 saturated carbocycles. The molecule has 2 saturated heterocycles. The van der Waals surface area contributed by atoms with Gasteiger partial charge in [0, 0.05) is 26.2 Å². The maximum atomic E-state index is 12.6. The first-order chi connectivity index (χ1) is 16.6. The number of nitriles is 1. The van der Waals surface area contributed by atoms with Crippen LogP contribution in [0.5, 0.6) is 0 Å². The minimum absolute atomic E-state index is 0.0239. The van der Waals surface area contributed by atoms with Crippen molar-refractivity contribution < 1.29 is 21.6 Å². The van der Waals surface area contributed by atoms with Crippen molar-refractivity contribution in [1.29, 1.82) is 5.26 Å². The number of hydrogen-bond acceptors (Lipinski definition) is 7. The Bertz CT molecular complexity index is 1320. The molecule has 2 aromatic carbocycles. The van der Waals surface area contributed by atoms with Crippen LogP contribution in [-0.4, -0.2) is 71.1 Å². The molecule has 1 N–H and O–H groups in total. The highest BCUT2D eigenvalue weighted by Crippen LogP contribution is 2.31. The lowest BCUT2D eigenvalue weighted by Gasteiger charge is -2.22. The molecule has 9 nitrogen and oxygen atoms in total. The topological polar surface area (TPSA) is 128 Å². The van der Waals surface area contributed by atoms with Crippen LogP contribution in [0, 0.1) is 30.1 Å². The lowest BCUT2D eigenvalue weighted by molar-refractivity contribution is 0.205. The first-order valence-electron chi connectivity index (χ1n) is 11.4. The van der Waals surface area contributed by atoms with E-state index in [1.807, 2.05) is 13.0 Å². The fourth-order valence-electron chi connectivity index (χ4n) is 4.73. The maximum Gasteiger partial charge on any atom is 0.331 e. The SMILES string of the molecule is Cc1ccc(S(=O)(=O)NC(=O)N2CC3CN(CCCS(=O)(=O)c4ccc(C#N)cc4)CC3C2)cc1. The van der Waals surface area contributed by atoms with Gasteiger partial charge in [0.1, 0.15) is 0 Å². The van der Waals surface area contributed by atoms with Crippen LogP contribution in [0.15, 0.2) is 58.3 Å². The van der Waals surface area contributed by atoms with Gasteiger partial charge in [0.2, 0.25) is 0 Å². The number of carbonyl (C=O) groups is 1. The van der Waals surface area contributed by atoms with Crippen LogP contribution in [0.1, 0.15) is 17.5 Å². The number of carbonyl (C=O) groups excluding carboxylic acids is 1. The Morgan fingerprint density at radius 1 is 0.943 bits per heavy atom. The molecular weight excluding hydrogens is 488 g/mol. The number of sulfone groups is 1. The third kappa shape index (κ3) is 5.83. The number of likely N-dealkylation sites (tertiary alicyclic amines) is 2. The lowest BCUT2D eigenvalue weighted by atomic mass is 10.0. The summed E-state index contributed by atoms with van der Waals surface area (Å²) < 4.78 is 52.3. The van der Waals surface area contributed by atoms with E-state index in [1.165, 1.54) is 36.4 Å². The number of fused-ring (bicyclic) bond motifs is 1. The van der Waals surface area contributed by atoms with Gasteiger partial charge in [-0.25, -0.2) is 26.4 Å². The molecule has 2 fully saturated rings. The third-order valence-corrected chi connectivity index (χ3v) is 9.78. The molecule has 2 atom stereocenters. The highest BCUT2D eigenvalue weighted by molar-refractivity contribution is 7.91. The zero-order valence-electron chi connectivity index (χ0n) is 19.4. The maximum absolute atomic E-state index is 12.6. The zero-order chi connectivity index (χ0) is 25.2. The predicted molar refractivity (Wildman–Crippen MR) is 130 cm³/mol. The highest BCUT2D eigenvalue weighted by atomic mass is 32.2. The van der Waals surface area contributed by atoms with Gasteiger partial charge >= 0.3 is 6.03 Å². The van der Waals surface area contributed by atoms with Gasteiger partial charge in [-0.2, -0.15) is 5.26 Å². The Hall–Kier alpha value is -2.94. The largest absolute Gasteiger partial charge is 0.331 e. The predicted octanol–water partition coefficient (Wildman–Crippen LogP) is 1.99. The van der Waals surface area contributed by atoms with Crippen molar-refractivity contribution in [2.24, 2.45) is 11.8 Å². The van der Waals surface area contributed by atoms with Gasteiger partial charge in [0.05, 0.1) is 27.2 Å². The number of benzene rings is 2. The van der Waals surface area contributed by atoms with Crippen molar-refractivity contribution in [1.82, 2.24) is 14.5 Å². The number of sulfonamides is 1. The number of nitrogens with zero attached hydrogens (tertiary/aromatic N) is 3. The number of amides is 2. The highest BCUT2D eigenvalue weighted by Gasteiger charge is 2.42. The Morgan fingerprint density at radius 2 is 1.51 bits per heavy atom. The molecule has 2 aliphatic rings. The molecule has 2 heterocycles. The first kappa shape index (κ1) is 25.2. The standard InChI is InChI=1S/C24H28N4O5S2/c1-18-3-7-23(8-4-18)35(32,33)26-24(29)28-16-20-14-27(15-21(20)17-28)11-2-12-34(30,31)22-9-5-19(13-25)6-10-22/h3-10,20-21H,2,11-12,14-17H2,1H3,(H,26,29). The minimum Gasteiger partial charge on any atom is -0.323 e. The molecule has 186 valence electrons. The number of aryl methyl sites for hydroxylation is 1. The minimum atomic E-state index is -3.93. The molecule has 2 unspecified atom stereocenters. The molecule has 0 spiro atoms. The summed E-state index contributed by atoms with van der Waals surface area (Å²) in [5.74, 6) is 0.492. The molecule has 4 rings (SSSR count). The quantitative estimate of drug-likeness (QED) is 0.596. The van der Waals surface area contributed by atoms with Gasteiger partial charge in [-0.15, -0.1) is 0 Å². The van der Waals surface area contributed by atoms with Gasteiger partial charge in [0.25, 0.3) is 10.0 Å². The second kappa shape index (κ2) is 9.97. The van der Waals surface area contributed by atoms with E-state index in [0.717, 1.165) is 18.7 Å². The summed E-state index contributed by atoms with van der Waals surface area (Å²) >= 11 is 0. The summed E-state index contributed by atoms with van der Waals surface area (Å²) in [4.78, 5) is 16.6. The van der Waals surface area contributed by atoms with Crippen LogP contribution in [-0.2, 0) is 19.9 Å². The summed E-state index contributed by atoms with van der Waals surface area (Å²) in [6.07, 6.45) is 0.487. The average Bonchev–Trinajstić information content (AvgIpc) is 3.38. The first-order valence-corrected chi connectivity index (χ1v) is 14.5. The summed E-state index contributed by atoms with van der Waals surface area (Å²) in [5, 5.41) is 8.86. The molecule has 35 heavy (non-hydrogen) atoms. The zero-order valence-corrected chi connectivity index (χ0v) is 21.1. The van der Waals surface area contributed by atoms with Crippen LogP contribution in [0.2, 0.25) is 0 Å².